The van der Waals surface area contributed by atoms with Crippen LogP contribution in [0.3, 0.4) is 0 Å². The normalized spacial score (nSPS) is 19.9. The van der Waals surface area contributed by atoms with Crippen LogP contribution in [0.5, 0.6) is 0 Å². The molecule has 172 valence electrons. The van der Waals surface area contributed by atoms with E-state index in [0.29, 0.717) is 25.4 Å². The van der Waals surface area contributed by atoms with Gasteiger partial charge in [-0.25, -0.2) is 4.79 Å². The van der Waals surface area contributed by atoms with Gasteiger partial charge in [-0.05, 0) is 18.9 Å². The van der Waals surface area contributed by atoms with Gasteiger partial charge in [0.1, 0.15) is 6.04 Å². The van der Waals surface area contributed by atoms with Gasteiger partial charge in [0.25, 0.3) is 0 Å². The van der Waals surface area contributed by atoms with Crippen molar-refractivity contribution in [2.24, 2.45) is 11.8 Å². The first-order valence-corrected chi connectivity index (χ1v) is 9.40. The Labute approximate surface area is 176 Å². The molecule has 0 aromatic carbocycles. The molecular formula is C19H24F3N3O6. The molecule has 2 aliphatic heterocycles. The molecule has 0 saturated carbocycles. The number of rotatable bonds is 6. The highest BCUT2D eigenvalue weighted by molar-refractivity contribution is 5.88. The monoisotopic (exact) mass is 447 g/mol. The second kappa shape index (κ2) is 11.9. The molecule has 2 heterocycles. The molecule has 0 aromatic rings. The van der Waals surface area contributed by atoms with Gasteiger partial charge in [-0.2, -0.15) is 13.2 Å². The fourth-order valence-corrected chi connectivity index (χ4v) is 2.78. The second-order valence-electron chi connectivity index (χ2n) is 7.03. The number of hydrogen-bond donors (Lipinski definition) is 4. The van der Waals surface area contributed by atoms with Gasteiger partial charge < -0.3 is 25.7 Å². The topological polar surface area (TPSA) is 136 Å². The van der Waals surface area contributed by atoms with Crippen molar-refractivity contribution in [3.63, 3.8) is 0 Å². The number of piperidine rings is 1. The molecule has 31 heavy (non-hydrogen) atoms. The molecule has 2 saturated heterocycles. The van der Waals surface area contributed by atoms with Gasteiger partial charge in [0, 0.05) is 32.1 Å². The zero-order valence-electron chi connectivity index (χ0n) is 16.5. The summed E-state index contributed by atoms with van der Waals surface area (Å²) < 4.78 is 31.7. The van der Waals surface area contributed by atoms with Crippen LogP contribution in [0.25, 0.3) is 0 Å². The molecule has 0 spiro atoms. The van der Waals surface area contributed by atoms with Gasteiger partial charge in [0.2, 0.25) is 11.8 Å². The minimum atomic E-state index is -5.08. The number of alkyl halides is 3. The highest BCUT2D eigenvalue weighted by Gasteiger charge is 2.38. The lowest BCUT2D eigenvalue weighted by molar-refractivity contribution is -0.192. The van der Waals surface area contributed by atoms with Crippen LogP contribution in [0.15, 0.2) is 12.2 Å². The summed E-state index contributed by atoms with van der Waals surface area (Å²) in [4.78, 5) is 45.8. The van der Waals surface area contributed by atoms with Crippen molar-refractivity contribution in [1.29, 1.82) is 0 Å². The Kier molecular flexibility index (Phi) is 10.0. The molecule has 2 fully saturated rings. The number of carbonyl (C=O) groups is 4. The SMILES string of the molecule is C#C[C@H](CC(=O)O)NC(=O)[C@@H]1CCCN(C(=O)/C=C/C2CNC2)C1.O=C(O)C(F)(F)F. The van der Waals surface area contributed by atoms with Crippen LogP contribution < -0.4 is 10.6 Å². The summed E-state index contributed by atoms with van der Waals surface area (Å²) in [5.74, 6) is -1.87. The summed E-state index contributed by atoms with van der Waals surface area (Å²) in [5, 5.41) is 21.6. The Balaban J connectivity index is 0.000000592. The minimum Gasteiger partial charge on any atom is -0.481 e. The van der Waals surface area contributed by atoms with Crippen molar-refractivity contribution in [2.75, 3.05) is 26.2 Å². The molecule has 2 aliphatic rings. The first-order valence-electron chi connectivity index (χ1n) is 9.40. The molecule has 0 unspecified atom stereocenters. The summed E-state index contributed by atoms with van der Waals surface area (Å²) in [6.07, 6.45) is 4.75. The number of likely N-dealkylation sites (tertiary alicyclic amines) is 1. The quantitative estimate of drug-likeness (QED) is 0.338. The molecule has 2 atom stereocenters. The van der Waals surface area contributed by atoms with Crippen LogP contribution >= 0.6 is 0 Å². The molecule has 4 N–H and O–H groups in total. The highest BCUT2D eigenvalue weighted by Crippen LogP contribution is 2.18. The van der Waals surface area contributed by atoms with Crippen LogP contribution in [0.4, 0.5) is 13.2 Å². The number of nitrogens with zero attached hydrogens (tertiary/aromatic N) is 1. The molecular weight excluding hydrogens is 423 g/mol. The molecule has 0 aromatic heterocycles. The number of carbonyl (C=O) groups excluding carboxylic acids is 2. The number of nitrogens with one attached hydrogen (secondary N) is 2. The molecule has 2 rings (SSSR count). The van der Waals surface area contributed by atoms with E-state index in [-0.39, 0.29) is 24.2 Å². The average molecular weight is 447 g/mol. The Hall–Kier alpha value is -3.07. The summed E-state index contributed by atoms with van der Waals surface area (Å²) in [6.45, 7) is 2.75. The van der Waals surface area contributed by atoms with E-state index in [1.807, 2.05) is 6.08 Å². The van der Waals surface area contributed by atoms with Crippen LogP contribution in [0.1, 0.15) is 19.3 Å². The van der Waals surface area contributed by atoms with Crippen LogP contribution in [-0.2, 0) is 19.2 Å². The second-order valence-corrected chi connectivity index (χ2v) is 7.03. The summed E-state index contributed by atoms with van der Waals surface area (Å²) >= 11 is 0. The van der Waals surface area contributed by atoms with E-state index < -0.39 is 24.2 Å². The predicted octanol–water partition coefficient (Wildman–Crippen LogP) is 0.227. The Bertz CT molecular complexity index is 743. The van der Waals surface area contributed by atoms with Gasteiger partial charge in [0.05, 0.1) is 12.3 Å². The van der Waals surface area contributed by atoms with Crippen molar-refractivity contribution < 1.29 is 42.6 Å². The summed E-state index contributed by atoms with van der Waals surface area (Å²) in [5.41, 5.74) is 0. The molecule has 0 radical (unpaired) electrons. The van der Waals surface area contributed by atoms with Crippen molar-refractivity contribution in [1.82, 2.24) is 15.5 Å². The van der Waals surface area contributed by atoms with E-state index in [2.05, 4.69) is 16.6 Å². The zero-order valence-corrected chi connectivity index (χ0v) is 16.5. The summed E-state index contributed by atoms with van der Waals surface area (Å²) in [6, 6.07) is -0.827. The van der Waals surface area contributed by atoms with Gasteiger partial charge in [0.15, 0.2) is 0 Å². The van der Waals surface area contributed by atoms with Gasteiger partial charge >= 0.3 is 18.1 Å². The van der Waals surface area contributed by atoms with E-state index in [1.54, 1.807) is 11.0 Å². The van der Waals surface area contributed by atoms with Crippen molar-refractivity contribution in [2.45, 2.75) is 31.5 Å². The maximum atomic E-state index is 12.3. The van der Waals surface area contributed by atoms with Gasteiger partial charge in [-0.1, -0.05) is 12.0 Å². The minimum absolute atomic E-state index is 0.0848. The first-order chi connectivity index (χ1) is 14.4. The number of amides is 2. The van der Waals surface area contributed by atoms with E-state index in [0.717, 1.165) is 19.5 Å². The maximum Gasteiger partial charge on any atom is 0.490 e. The number of carboxylic acids is 2. The number of terminal acetylenes is 1. The molecule has 0 bridgehead atoms. The zero-order chi connectivity index (χ0) is 23.6. The number of carboxylic acid groups (broad SMARTS) is 2. The fourth-order valence-electron chi connectivity index (χ4n) is 2.78. The number of halogens is 3. The predicted molar refractivity (Wildman–Crippen MR) is 102 cm³/mol. The largest absolute Gasteiger partial charge is 0.490 e. The number of aliphatic carboxylic acids is 2. The Morgan fingerprint density at radius 2 is 1.87 bits per heavy atom. The average Bonchev–Trinajstić information content (AvgIpc) is 2.65. The van der Waals surface area contributed by atoms with E-state index in [1.165, 1.54) is 0 Å². The number of hydrogen-bond acceptors (Lipinski definition) is 5. The van der Waals surface area contributed by atoms with Crippen molar-refractivity contribution in [3.8, 4) is 12.3 Å². The Morgan fingerprint density at radius 1 is 1.26 bits per heavy atom. The molecule has 2 amide bonds. The van der Waals surface area contributed by atoms with Gasteiger partial charge in [-0.3, -0.25) is 14.4 Å². The summed E-state index contributed by atoms with van der Waals surface area (Å²) in [7, 11) is 0. The lowest BCUT2D eigenvalue weighted by Gasteiger charge is -2.32. The molecule has 0 aliphatic carbocycles. The van der Waals surface area contributed by atoms with Crippen LogP contribution in [0.2, 0.25) is 0 Å². The van der Waals surface area contributed by atoms with Gasteiger partial charge in [-0.15, -0.1) is 6.42 Å². The van der Waals surface area contributed by atoms with E-state index in [9.17, 15) is 27.6 Å². The molecule has 9 nitrogen and oxygen atoms in total. The van der Waals surface area contributed by atoms with Crippen molar-refractivity contribution >= 4 is 23.8 Å². The fraction of sp³-hybridized carbons (Fsp3) is 0.579. The van der Waals surface area contributed by atoms with E-state index in [4.69, 9.17) is 21.4 Å². The first kappa shape index (κ1) is 26.0. The third-order valence-corrected chi connectivity index (χ3v) is 4.57. The Morgan fingerprint density at radius 3 is 2.32 bits per heavy atom. The van der Waals surface area contributed by atoms with E-state index >= 15 is 0 Å². The standard InChI is InChI=1S/C17H23N3O4.C2HF3O2/c1-2-14(8-16(22)23)19-17(24)13-4-3-7-20(11-13)15(21)6-5-12-9-18-10-12;3-2(4,5)1(6)7/h1,5-6,12-14,18H,3-4,7-11H2,(H,19,24)(H,22,23);(H,6,7)/b6-5+;/t13-,14-;/m1./s1. The van der Waals surface area contributed by atoms with Crippen molar-refractivity contribution in [3.05, 3.63) is 12.2 Å². The third-order valence-electron chi connectivity index (χ3n) is 4.57. The van der Waals surface area contributed by atoms with Crippen LogP contribution in [-0.4, -0.2) is 77.3 Å². The van der Waals surface area contributed by atoms with Crippen LogP contribution in [0, 0.1) is 24.2 Å². The highest BCUT2D eigenvalue weighted by atomic mass is 19.4. The lowest BCUT2D eigenvalue weighted by atomic mass is 9.96. The molecule has 12 heteroatoms. The maximum absolute atomic E-state index is 12.3. The smallest absolute Gasteiger partial charge is 0.481 e. The third kappa shape index (κ3) is 9.52. The lowest BCUT2D eigenvalue weighted by Crippen LogP contribution is -2.47.